The molecular weight excluding hydrogens is 240 g/mol. The topological polar surface area (TPSA) is 61.4 Å². The van der Waals surface area contributed by atoms with Gasteiger partial charge in [-0.05, 0) is 30.0 Å². The summed E-state index contributed by atoms with van der Waals surface area (Å²) in [5.41, 5.74) is 2.43. The van der Waals surface area contributed by atoms with Crippen LogP contribution in [0.4, 0.5) is 11.4 Å². The van der Waals surface area contributed by atoms with Crippen molar-refractivity contribution in [2.75, 3.05) is 17.2 Å². The molecule has 0 radical (unpaired) electrons. The number of rotatable bonds is 4. The van der Waals surface area contributed by atoms with Crippen LogP contribution in [0, 0.1) is 0 Å². The van der Waals surface area contributed by atoms with Gasteiger partial charge in [0, 0.05) is 23.3 Å². The van der Waals surface area contributed by atoms with Gasteiger partial charge < -0.3 is 15.7 Å². The Balaban J connectivity index is 1.99. The number of hydrogen-bond acceptors (Lipinski definition) is 3. The molecule has 3 N–H and O–H groups in total. The molecule has 2 aromatic carbocycles. The highest BCUT2D eigenvalue weighted by atomic mass is 16.3. The molecule has 0 fully saturated rings. The molecule has 0 aliphatic carbocycles. The summed E-state index contributed by atoms with van der Waals surface area (Å²) < 4.78 is 0. The molecule has 98 valence electrons. The molecule has 0 aromatic heterocycles. The first kappa shape index (κ1) is 12.0. The van der Waals surface area contributed by atoms with Crippen LogP contribution < -0.4 is 10.6 Å². The number of benzene rings is 2. The Labute approximate surface area is 111 Å². The molecule has 1 amide bonds. The van der Waals surface area contributed by atoms with Gasteiger partial charge in [0.2, 0.25) is 0 Å². The highest BCUT2D eigenvalue weighted by Crippen LogP contribution is 2.35. The zero-order valence-corrected chi connectivity index (χ0v) is 10.7. The minimum atomic E-state index is -0.371. The highest BCUT2D eigenvalue weighted by molar-refractivity contribution is 6.24. The van der Waals surface area contributed by atoms with Crippen LogP contribution in [0.5, 0.6) is 0 Å². The minimum Gasteiger partial charge on any atom is -0.391 e. The second-order valence-electron chi connectivity index (χ2n) is 4.82. The number of aliphatic hydroxyl groups is 1. The number of hydrogen-bond donors (Lipinski definition) is 3. The first-order valence-electron chi connectivity index (χ1n) is 6.49. The second kappa shape index (κ2) is 4.55. The van der Waals surface area contributed by atoms with Gasteiger partial charge in [-0.15, -0.1) is 0 Å². The first-order valence-corrected chi connectivity index (χ1v) is 6.49. The largest absolute Gasteiger partial charge is 0.391 e. The summed E-state index contributed by atoms with van der Waals surface area (Å²) in [5.74, 6) is -0.0640. The molecule has 1 aliphatic heterocycles. The molecule has 2 aromatic rings. The average molecular weight is 256 g/mol. The monoisotopic (exact) mass is 256 g/mol. The van der Waals surface area contributed by atoms with E-state index in [0.29, 0.717) is 18.5 Å². The molecule has 0 bridgehead atoms. The Bertz CT molecular complexity index is 652. The smallest absolute Gasteiger partial charge is 0.256 e. The van der Waals surface area contributed by atoms with E-state index in [2.05, 4.69) is 10.6 Å². The SMILES string of the molecule is CC[C@H](O)CNc1cc2c3c(cccc3c1)NC2=O. The van der Waals surface area contributed by atoms with Gasteiger partial charge in [0.05, 0.1) is 11.7 Å². The van der Waals surface area contributed by atoms with Crippen molar-refractivity contribution >= 4 is 28.1 Å². The fourth-order valence-corrected chi connectivity index (χ4v) is 2.38. The summed E-state index contributed by atoms with van der Waals surface area (Å²) in [5, 5.41) is 17.6. The lowest BCUT2D eigenvalue weighted by molar-refractivity contribution is 0.103. The average Bonchev–Trinajstić information content (AvgIpc) is 2.74. The number of amides is 1. The van der Waals surface area contributed by atoms with Gasteiger partial charge in [-0.3, -0.25) is 4.79 Å². The van der Waals surface area contributed by atoms with Gasteiger partial charge in [0.25, 0.3) is 5.91 Å². The van der Waals surface area contributed by atoms with Crippen molar-refractivity contribution in [2.24, 2.45) is 0 Å². The Morgan fingerprint density at radius 2 is 2.21 bits per heavy atom. The Kier molecular flexibility index (Phi) is 2.87. The summed E-state index contributed by atoms with van der Waals surface area (Å²) in [6.07, 6.45) is 0.336. The van der Waals surface area contributed by atoms with E-state index < -0.39 is 0 Å². The Hall–Kier alpha value is -2.07. The maximum atomic E-state index is 11.9. The van der Waals surface area contributed by atoms with Crippen LogP contribution in [-0.2, 0) is 0 Å². The lowest BCUT2D eigenvalue weighted by Gasteiger charge is -2.12. The summed E-state index contributed by atoms with van der Waals surface area (Å²) in [4.78, 5) is 11.9. The van der Waals surface area contributed by atoms with Crippen LogP contribution >= 0.6 is 0 Å². The van der Waals surface area contributed by atoms with E-state index in [4.69, 9.17) is 0 Å². The molecule has 0 saturated heterocycles. The molecule has 1 aliphatic rings. The molecule has 0 unspecified atom stereocenters. The van der Waals surface area contributed by atoms with Crippen molar-refractivity contribution in [2.45, 2.75) is 19.4 Å². The molecule has 0 saturated carbocycles. The number of carbonyl (C=O) groups excluding carboxylic acids is 1. The van der Waals surface area contributed by atoms with E-state index >= 15 is 0 Å². The maximum absolute atomic E-state index is 11.9. The Morgan fingerprint density at radius 1 is 1.37 bits per heavy atom. The second-order valence-corrected chi connectivity index (χ2v) is 4.82. The summed E-state index contributed by atoms with van der Waals surface area (Å²) >= 11 is 0. The predicted molar refractivity (Wildman–Crippen MR) is 76.7 cm³/mol. The van der Waals surface area contributed by atoms with E-state index in [1.165, 1.54) is 0 Å². The highest BCUT2D eigenvalue weighted by Gasteiger charge is 2.21. The van der Waals surface area contributed by atoms with Crippen LogP contribution in [0.1, 0.15) is 23.7 Å². The van der Waals surface area contributed by atoms with Crippen molar-refractivity contribution in [3.8, 4) is 0 Å². The summed E-state index contributed by atoms with van der Waals surface area (Å²) in [6, 6.07) is 9.67. The predicted octanol–water partition coefficient (Wildman–Crippen LogP) is 2.59. The normalized spacial score (nSPS) is 14.5. The number of anilines is 2. The third-order valence-electron chi connectivity index (χ3n) is 3.48. The quantitative estimate of drug-likeness (QED) is 0.788. The molecule has 4 heteroatoms. The van der Waals surface area contributed by atoms with Gasteiger partial charge in [0.15, 0.2) is 0 Å². The zero-order valence-electron chi connectivity index (χ0n) is 10.7. The van der Waals surface area contributed by atoms with Crippen LogP contribution in [-0.4, -0.2) is 23.7 Å². The van der Waals surface area contributed by atoms with Crippen molar-refractivity contribution < 1.29 is 9.90 Å². The van der Waals surface area contributed by atoms with E-state index in [0.717, 1.165) is 22.1 Å². The van der Waals surface area contributed by atoms with Crippen LogP contribution in [0.25, 0.3) is 10.8 Å². The number of aliphatic hydroxyl groups excluding tert-OH is 1. The lowest BCUT2D eigenvalue weighted by Crippen LogP contribution is -2.18. The van der Waals surface area contributed by atoms with Crippen molar-refractivity contribution in [1.82, 2.24) is 0 Å². The Morgan fingerprint density at radius 3 is 3.00 bits per heavy atom. The van der Waals surface area contributed by atoms with Crippen LogP contribution in [0.15, 0.2) is 30.3 Å². The van der Waals surface area contributed by atoms with Gasteiger partial charge in [-0.1, -0.05) is 19.1 Å². The van der Waals surface area contributed by atoms with E-state index in [9.17, 15) is 9.90 Å². The van der Waals surface area contributed by atoms with Crippen molar-refractivity contribution in [3.63, 3.8) is 0 Å². The fraction of sp³-hybridized carbons (Fsp3) is 0.267. The van der Waals surface area contributed by atoms with Gasteiger partial charge in [-0.25, -0.2) is 0 Å². The summed E-state index contributed by atoms with van der Waals surface area (Å²) in [7, 11) is 0. The lowest BCUT2D eigenvalue weighted by atomic mass is 10.0. The van der Waals surface area contributed by atoms with E-state index in [-0.39, 0.29) is 12.0 Å². The van der Waals surface area contributed by atoms with Crippen LogP contribution in [0.2, 0.25) is 0 Å². The van der Waals surface area contributed by atoms with Gasteiger partial charge in [-0.2, -0.15) is 0 Å². The summed E-state index contributed by atoms with van der Waals surface area (Å²) in [6.45, 7) is 2.43. The van der Waals surface area contributed by atoms with Crippen molar-refractivity contribution in [1.29, 1.82) is 0 Å². The van der Waals surface area contributed by atoms with E-state index in [1.54, 1.807) is 0 Å². The van der Waals surface area contributed by atoms with Gasteiger partial charge in [0.1, 0.15) is 0 Å². The molecular formula is C15H16N2O2. The fourth-order valence-electron chi connectivity index (χ4n) is 2.38. The van der Waals surface area contributed by atoms with Crippen LogP contribution in [0.3, 0.4) is 0 Å². The molecule has 0 spiro atoms. The third kappa shape index (κ3) is 2.04. The molecule has 4 nitrogen and oxygen atoms in total. The van der Waals surface area contributed by atoms with E-state index in [1.807, 2.05) is 37.3 Å². The minimum absolute atomic E-state index is 0.0640. The third-order valence-corrected chi connectivity index (χ3v) is 3.48. The molecule has 1 heterocycles. The zero-order chi connectivity index (χ0) is 13.4. The number of nitrogens with one attached hydrogen (secondary N) is 2. The molecule has 19 heavy (non-hydrogen) atoms. The van der Waals surface area contributed by atoms with Gasteiger partial charge >= 0.3 is 0 Å². The van der Waals surface area contributed by atoms with Crippen molar-refractivity contribution in [3.05, 3.63) is 35.9 Å². The standard InChI is InChI=1S/C15H16N2O2/c1-2-11(18)8-16-10-6-9-4-3-5-13-14(9)12(7-10)15(19)17-13/h3-7,11,16,18H,2,8H2,1H3,(H,17,19)/t11-/m0/s1. The maximum Gasteiger partial charge on any atom is 0.256 e. The molecule has 1 atom stereocenters. The first-order chi connectivity index (χ1) is 9.19. The molecule has 3 rings (SSSR count). The number of carbonyl (C=O) groups is 1.